The maximum atomic E-state index is 13.2. The van der Waals surface area contributed by atoms with E-state index in [2.05, 4.69) is 10.2 Å². The fourth-order valence-corrected chi connectivity index (χ4v) is 3.89. The molecule has 2 aromatic carbocycles. The summed E-state index contributed by atoms with van der Waals surface area (Å²) in [5, 5.41) is 12.8. The van der Waals surface area contributed by atoms with Crippen molar-refractivity contribution in [2.75, 3.05) is 46.4 Å². The lowest BCUT2D eigenvalue weighted by molar-refractivity contribution is -0.149. The van der Waals surface area contributed by atoms with E-state index in [-0.39, 0.29) is 24.0 Å². The van der Waals surface area contributed by atoms with Crippen molar-refractivity contribution >= 4 is 11.9 Å². The lowest BCUT2D eigenvalue weighted by Gasteiger charge is -2.27. The Balaban J connectivity index is 1.59. The molecule has 0 saturated carbocycles. The maximum Gasteiger partial charge on any atom is 0.306 e. The quantitative estimate of drug-likeness (QED) is 0.552. The highest BCUT2D eigenvalue weighted by molar-refractivity contribution is 5.84. The molecule has 0 bridgehead atoms. The lowest BCUT2D eigenvalue weighted by atomic mass is 9.94. The Morgan fingerprint density at radius 3 is 2.44 bits per heavy atom. The standard InChI is InChI=1S/C25H33N3O4/c1-27(19-21-5-3-2-4-6-21)25(31)22(17-20-7-9-23(29)10-8-20)18-24(30)32-16-15-28-13-11-26-12-14-28/h2-10,22,26,29H,11-19H2,1H3/t22-/m1/s1. The summed E-state index contributed by atoms with van der Waals surface area (Å²) in [5.74, 6) is -0.809. The van der Waals surface area contributed by atoms with Gasteiger partial charge in [0, 0.05) is 46.3 Å². The number of phenolic OH excluding ortho intramolecular Hbond substituents is 1. The Bertz CT molecular complexity index is 851. The molecule has 1 aliphatic heterocycles. The molecule has 0 radical (unpaired) electrons. The van der Waals surface area contributed by atoms with Crippen LogP contribution in [0.1, 0.15) is 17.5 Å². The third-order valence-electron chi connectivity index (χ3n) is 5.70. The highest BCUT2D eigenvalue weighted by atomic mass is 16.5. The summed E-state index contributed by atoms with van der Waals surface area (Å²) in [6.07, 6.45) is 0.436. The average Bonchev–Trinajstić information content (AvgIpc) is 2.81. The second-order valence-corrected chi connectivity index (χ2v) is 8.26. The zero-order valence-corrected chi connectivity index (χ0v) is 18.7. The first-order valence-corrected chi connectivity index (χ1v) is 11.2. The molecule has 1 saturated heterocycles. The second kappa shape index (κ2) is 12.2. The summed E-state index contributed by atoms with van der Waals surface area (Å²) in [4.78, 5) is 29.7. The van der Waals surface area contributed by atoms with Gasteiger partial charge in [-0.15, -0.1) is 0 Å². The van der Waals surface area contributed by atoms with Crippen LogP contribution in [0.2, 0.25) is 0 Å². The van der Waals surface area contributed by atoms with Gasteiger partial charge in [0.15, 0.2) is 0 Å². The van der Waals surface area contributed by atoms with Gasteiger partial charge in [0.05, 0.1) is 12.3 Å². The lowest BCUT2D eigenvalue weighted by Crippen LogP contribution is -2.44. The number of nitrogens with one attached hydrogen (secondary N) is 1. The number of piperazine rings is 1. The first kappa shape index (κ1) is 23.8. The molecule has 0 aliphatic carbocycles. The average molecular weight is 440 g/mol. The van der Waals surface area contributed by atoms with Crippen molar-refractivity contribution in [3.05, 3.63) is 65.7 Å². The number of carbonyl (C=O) groups excluding carboxylic acids is 2. The fourth-order valence-electron chi connectivity index (χ4n) is 3.89. The van der Waals surface area contributed by atoms with Gasteiger partial charge in [0.2, 0.25) is 5.91 Å². The molecule has 0 aromatic heterocycles. The molecule has 3 rings (SSSR count). The molecular formula is C25H33N3O4. The Kier molecular flexibility index (Phi) is 9.07. The first-order valence-electron chi connectivity index (χ1n) is 11.2. The Hall–Kier alpha value is -2.90. The topological polar surface area (TPSA) is 82.1 Å². The summed E-state index contributed by atoms with van der Waals surface area (Å²) in [7, 11) is 1.76. The number of nitrogens with zero attached hydrogens (tertiary/aromatic N) is 2. The number of rotatable bonds is 10. The minimum absolute atomic E-state index is 0.0282. The van der Waals surface area contributed by atoms with Crippen LogP contribution >= 0.6 is 0 Å². The van der Waals surface area contributed by atoms with E-state index in [0.29, 0.717) is 26.1 Å². The molecule has 2 N–H and O–H groups in total. The molecule has 172 valence electrons. The van der Waals surface area contributed by atoms with E-state index in [4.69, 9.17) is 4.74 Å². The van der Waals surface area contributed by atoms with E-state index in [0.717, 1.165) is 37.3 Å². The van der Waals surface area contributed by atoms with E-state index in [9.17, 15) is 14.7 Å². The zero-order chi connectivity index (χ0) is 22.8. The third kappa shape index (κ3) is 7.66. The number of phenols is 1. The second-order valence-electron chi connectivity index (χ2n) is 8.26. The molecule has 32 heavy (non-hydrogen) atoms. The summed E-state index contributed by atoms with van der Waals surface area (Å²) < 4.78 is 5.47. The Morgan fingerprint density at radius 2 is 1.75 bits per heavy atom. The number of ether oxygens (including phenoxy) is 1. The van der Waals surface area contributed by atoms with Crippen molar-refractivity contribution in [1.29, 1.82) is 0 Å². The van der Waals surface area contributed by atoms with Gasteiger partial charge >= 0.3 is 5.97 Å². The molecule has 1 atom stereocenters. The minimum Gasteiger partial charge on any atom is -0.508 e. The van der Waals surface area contributed by atoms with Crippen LogP contribution in [0.5, 0.6) is 5.75 Å². The van der Waals surface area contributed by atoms with E-state index < -0.39 is 5.92 Å². The fraction of sp³-hybridized carbons (Fsp3) is 0.440. The van der Waals surface area contributed by atoms with Crippen LogP contribution in [0.3, 0.4) is 0 Å². The van der Waals surface area contributed by atoms with E-state index >= 15 is 0 Å². The molecule has 1 aliphatic rings. The molecule has 1 heterocycles. The van der Waals surface area contributed by atoms with Gasteiger partial charge in [-0.05, 0) is 29.7 Å². The number of hydrogen-bond acceptors (Lipinski definition) is 6. The number of amides is 1. The molecule has 7 nitrogen and oxygen atoms in total. The minimum atomic E-state index is -0.528. The highest BCUT2D eigenvalue weighted by Gasteiger charge is 2.26. The highest BCUT2D eigenvalue weighted by Crippen LogP contribution is 2.19. The summed E-state index contributed by atoms with van der Waals surface area (Å²) in [5.41, 5.74) is 1.92. The van der Waals surface area contributed by atoms with E-state index in [1.54, 1.807) is 36.2 Å². The molecular weight excluding hydrogens is 406 g/mol. The number of hydrogen-bond donors (Lipinski definition) is 2. The van der Waals surface area contributed by atoms with Crippen molar-refractivity contribution in [3.8, 4) is 5.75 Å². The third-order valence-corrected chi connectivity index (χ3v) is 5.70. The smallest absolute Gasteiger partial charge is 0.306 e. The van der Waals surface area contributed by atoms with Crippen LogP contribution in [0.25, 0.3) is 0 Å². The molecule has 1 fully saturated rings. The van der Waals surface area contributed by atoms with Crippen molar-refractivity contribution in [3.63, 3.8) is 0 Å². The van der Waals surface area contributed by atoms with E-state index in [1.165, 1.54) is 0 Å². The summed E-state index contributed by atoms with van der Waals surface area (Å²) in [6, 6.07) is 16.5. The molecule has 0 unspecified atom stereocenters. The zero-order valence-electron chi connectivity index (χ0n) is 18.7. The van der Waals surface area contributed by atoms with Gasteiger partial charge in [0.25, 0.3) is 0 Å². The predicted octanol–water partition coefficient (Wildman–Crippen LogP) is 2.05. The number of benzene rings is 2. The molecule has 0 spiro atoms. The maximum absolute atomic E-state index is 13.2. The van der Waals surface area contributed by atoms with Gasteiger partial charge < -0.3 is 20.1 Å². The Morgan fingerprint density at radius 1 is 1.06 bits per heavy atom. The van der Waals surface area contributed by atoms with Crippen LogP contribution in [0, 0.1) is 5.92 Å². The van der Waals surface area contributed by atoms with Crippen LogP contribution in [0.15, 0.2) is 54.6 Å². The van der Waals surface area contributed by atoms with Crippen molar-refractivity contribution in [1.82, 2.24) is 15.1 Å². The van der Waals surface area contributed by atoms with E-state index in [1.807, 2.05) is 30.3 Å². The monoisotopic (exact) mass is 439 g/mol. The SMILES string of the molecule is CN(Cc1ccccc1)C(=O)[C@@H](CC(=O)OCCN1CCNCC1)Cc1ccc(O)cc1. The number of aromatic hydroxyl groups is 1. The van der Waals surface area contributed by atoms with Gasteiger partial charge in [-0.3, -0.25) is 14.5 Å². The molecule has 2 aromatic rings. The van der Waals surface area contributed by atoms with Gasteiger partial charge in [-0.2, -0.15) is 0 Å². The van der Waals surface area contributed by atoms with Crippen molar-refractivity contribution < 1.29 is 19.4 Å². The molecule has 1 amide bonds. The predicted molar refractivity (Wildman–Crippen MR) is 123 cm³/mol. The van der Waals surface area contributed by atoms with Crippen molar-refractivity contribution in [2.45, 2.75) is 19.4 Å². The van der Waals surface area contributed by atoms with Crippen LogP contribution < -0.4 is 5.32 Å². The molecule has 7 heteroatoms. The number of carbonyl (C=O) groups is 2. The largest absolute Gasteiger partial charge is 0.508 e. The number of esters is 1. The Labute approximate surface area is 190 Å². The van der Waals surface area contributed by atoms with Gasteiger partial charge in [0.1, 0.15) is 12.4 Å². The summed E-state index contributed by atoms with van der Waals surface area (Å²) >= 11 is 0. The first-order chi connectivity index (χ1) is 15.5. The van der Waals surface area contributed by atoms with Crippen LogP contribution in [-0.2, 0) is 27.3 Å². The van der Waals surface area contributed by atoms with Crippen LogP contribution in [-0.4, -0.2) is 73.2 Å². The normalized spacial score (nSPS) is 15.2. The van der Waals surface area contributed by atoms with Crippen molar-refractivity contribution in [2.24, 2.45) is 5.92 Å². The summed E-state index contributed by atoms with van der Waals surface area (Å²) in [6.45, 7) is 5.31. The van der Waals surface area contributed by atoms with Crippen LogP contribution in [0.4, 0.5) is 0 Å². The van der Waals surface area contributed by atoms with Gasteiger partial charge in [-0.1, -0.05) is 42.5 Å². The van der Waals surface area contributed by atoms with Gasteiger partial charge in [-0.25, -0.2) is 0 Å².